The van der Waals surface area contributed by atoms with Gasteiger partial charge in [0.15, 0.2) is 0 Å². The molecule has 2 rings (SSSR count). The first-order valence-corrected chi connectivity index (χ1v) is 7.66. The molecule has 0 bridgehead atoms. The lowest BCUT2D eigenvalue weighted by molar-refractivity contribution is -0.0119. The predicted molar refractivity (Wildman–Crippen MR) is 80.3 cm³/mol. The number of hydrogen-bond donors (Lipinski definition) is 1. The maximum atomic E-state index is 6.15. The Morgan fingerprint density at radius 1 is 1.45 bits per heavy atom. The fourth-order valence-corrected chi connectivity index (χ4v) is 2.26. The minimum atomic E-state index is 0.193. The van der Waals surface area contributed by atoms with E-state index in [4.69, 9.17) is 21.1 Å². The van der Waals surface area contributed by atoms with Crippen LogP contribution in [0.4, 0.5) is 0 Å². The Labute approximate surface area is 125 Å². The van der Waals surface area contributed by atoms with Crippen LogP contribution < -0.4 is 10.1 Å². The van der Waals surface area contributed by atoms with Crippen LogP contribution in [0, 0.1) is 0 Å². The van der Waals surface area contributed by atoms with Crippen LogP contribution in [-0.4, -0.2) is 30.3 Å². The number of aromatic nitrogens is 1. The minimum absolute atomic E-state index is 0.193. The average molecular weight is 299 g/mol. The molecule has 1 aromatic rings. The summed E-state index contributed by atoms with van der Waals surface area (Å²) in [6.07, 6.45) is 3.63. The molecule has 112 valence electrons. The molecule has 0 aliphatic carbocycles. The van der Waals surface area contributed by atoms with Gasteiger partial charge in [-0.2, -0.15) is 0 Å². The number of ether oxygens (including phenoxy) is 2. The van der Waals surface area contributed by atoms with E-state index in [2.05, 4.69) is 24.1 Å². The van der Waals surface area contributed by atoms with Gasteiger partial charge in [0, 0.05) is 25.3 Å². The number of pyridine rings is 1. The van der Waals surface area contributed by atoms with Crippen LogP contribution in [0.15, 0.2) is 12.1 Å². The zero-order valence-electron chi connectivity index (χ0n) is 12.2. The summed E-state index contributed by atoms with van der Waals surface area (Å²) in [4.78, 5) is 4.46. The first-order valence-electron chi connectivity index (χ1n) is 7.28. The zero-order chi connectivity index (χ0) is 14.4. The van der Waals surface area contributed by atoms with E-state index in [0.717, 1.165) is 25.1 Å². The zero-order valence-corrected chi connectivity index (χ0v) is 12.9. The van der Waals surface area contributed by atoms with Gasteiger partial charge in [-0.1, -0.05) is 25.4 Å². The van der Waals surface area contributed by atoms with Gasteiger partial charge in [0.25, 0.3) is 0 Å². The van der Waals surface area contributed by atoms with Crippen molar-refractivity contribution in [3.63, 3.8) is 0 Å². The van der Waals surface area contributed by atoms with Gasteiger partial charge in [0.05, 0.1) is 16.8 Å². The molecule has 1 unspecified atom stereocenters. The molecular formula is C15H23ClN2O2. The lowest BCUT2D eigenvalue weighted by Gasteiger charge is -2.22. The molecule has 0 radical (unpaired) electrons. The van der Waals surface area contributed by atoms with Crippen molar-refractivity contribution in [2.45, 2.75) is 51.8 Å². The van der Waals surface area contributed by atoms with E-state index in [1.54, 1.807) is 0 Å². The fraction of sp³-hybridized carbons (Fsp3) is 0.667. The minimum Gasteiger partial charge on any atom is -0.475 e. The summed E-state index contributed by atoms with van der Waals surface area (Å²) in [5, 5.41) is 3.97. The van der Waals surface area contributed by atoms with Gasteiger partial charge in [-0.25, -0.2) is 4.98 Å². The highest BCUT2D eigenvalue weighted by molar-refractivity contribution is 6.31. The summed E-state index contributed by atoms with van der Waals surface area (Å²) in [7, 11) is 0. The largest absolute Gasteiger partial charge is 0.475 e. The van der Waals surface area contributed by atoms with Gasteiger partial charge >= 0.3 is 0 Å². The summed E-state index contributed by atoms with van der Waals surface area (Å²) < 4.78 is 11.4. The van der Waals surface area contributed by atoms with Crippen molar-refractivity contribution in [1.29, 1.82) is 0 Å². The average Bonchev–Trinajstić information content (AvgIpc) is 2.46. The summed E-state index contributed by atoms with van der Waals surface area (Å²) in [5.74, 6) is 0.615. The topological polar surface area (TPSA) is 43.4 Å². The van der Waals surface area contributed by atoms with E-state index in [9.17, 15) is 0 Å². The Hall–Kier alpha value is -0.840. The number of halogens is 1. The third-order valence-electron chi connectivity index (χ3n) is 3.26. The highest BCUT2D eigenvalue weighted by atomic mass is 35.5. The van der Waals surface area contributed by atoms with Crippen molar-refractivity contribution in [3.8, 4) is 5.88 Å². The number of nitrogens with zero attached hydrogens (tertiary/aromatic N) is 1. The Bertz CT molecular complexity index is 420. The SMILES string of the molecule is CC(C)NCc1nc(OCC2CCCCO2)ccc1Cl. The van der Waals surface area contributed by atoms with Crippen LogP contribution in [0.1, 0.15) is 38.8 Å². The van der Waals surface area contributed by atoms with Gasteiger partial charge in [0.1, 0.15) is 6.61 Å². The third-order valence-corrected chi connectivity index (χ3v) is 3.61. The van der Waals surface area contributed by atoms with Crippen LogP contribution in [0.25, 0.3) is 0 Å². The molecule has 20 heavy (non-hydrogen) atoms. The van der Waals surface area contributed by atoms with E-state index in [1.165, 1.54) is 6.42 Å². The van der Waals surface area contributed by atoms with Crippen molar-refractivity contribution >= 4 is 11.6 Å². The molecule has 0 saturated carbocycles. The first kappa shape index (κ1) is 15.5. The fourth-order valence-electron chi connectivity index (χ4n) is 2.09. The second-order valence-corrected chi connectivity index (χ2v) is 5.82. The molecule has 1 aliphatic rings. The van der Waals surface area contributed by atoms with Crippen LogP contribution >= 0.6 is 11.6 Å². The smallest absolute Gasteiger partial charge is 0.213 e. The molecule has 1 atom stereocenters. The second kappa shape index (κ2) is 7.81. The van der Waals surface area contributed by atoms with Crippen LogP contribution in [-0.2, 0) is 11.3 Å². The van der Waals surface area contributed by atoms with Gasteiger partial charge in [-0.05, 0) is 25.3 Å². The van der Waals surface area contributed by atoms with Crippen molar-refractivity contribution in [1.82, 2.24) is 10.3 Å². The summed E-state index contributed by atoms with van der Waals surface area (Å²) in [6, 6.07) is 4.04. The lowest BCUT2D eigenvalue weighted by Crippen LogP contribution is -2.26. The summed E-state index contributed by atoms with van der Waals surface area (Å²) in [6.45, 7) is 6.23. The number of nitrogens with one attached hydrogen (secondary N) is 1. The van der Waals surface area contributed by atoms with E-state index < -0.39 is 0 Å². The van der Waals surface area contributed by atoms with Gasteiger partial charge < -0.3 is 14.8 Å². The molecule has 0 spiro atoms. The molecule has 2 heterocycles. The molecule has 1 aliphatic heterocycles. The molecule has 1 fully saturated rings. The predicted octanol–water partition coefficient (Wildman–Crippen LogP) is 3.18. The second-order valence-electron chi connectivity index (χ2n) is 5.41. The van der Waals surface area contributed by atoms with E-state index >= 15 is 0 Å². The van der Waals surface area contributed by atoms with Gasteiger partial charge in [-0.3, -0.25) is 0 Å². The molecule has 1 saturated heterocycles. The normalized spacial score (nSPS) is 19.3. The monoisotopic (exact) mass is 298 g/mol. The van der Waals surface area contributed by atoms with Gasteiger partial charge in [-0.15, -0.1) is 0 Å². The Morgan fingerprint density at radius 3 is 3.00 bits per heavy atom. The lowest BCUT2D eigenvalue weighted by atomic mass is 10.1. The molecular weight excluding hydrogens is 276 g/mol. The Morgan fingerprint density at radius 2 is 2.30 bits per heavy atom. The van der Waals surface area contributed by atoms with Crippen LogP contribution in [0.3, 0.4) is 0 Å². The third kappa shape index (κ3) is 4.93. The highest BCUT2D eigenvalue weighted by Crippen LogP contribution is 2.19. The van der Waals surface area contributed by atoms with E-state index in [0.29, 0.717) is 30.1 Å². The molecule has 1 aromatic heterocycles. The molecule has 4 nitrogen and oxygen atoms in total. The summed E-state index contributed by atoms with van der Waals surface area (Å²) in [5.41, 5.74) is 0.822. The maximum absolute atomic E-state index is 6.15. The van der Waals surface area contributed by atoms with Crippen molar-refractivity contribution in [2.75, 3.05) is 13.2 Å². The number of rotatable bonds is 6. The molecule has 0 aromatic carbocycles. The quantitative estimate of drug-likeness (QED) is 0.876. The highest BCUT2D eigenvalue weighted by Gasteiger charge is 2.15. The molecule has 1 N–H and O–H groups in total. The first-order chi connectivity index (χ1) is 9.65. The number of hydrogen-bond acceptors (Lipinski definition) is 4. The Balaban J connectivity index is 1.89. The van der Waals surface area contributed by atoms with Crippen LogP contribution in [0.5, 0.6) is 5.88 Å². The van der Waals surface area contributed by atoms with Crippen LogP contribution in [0.2, 0.25) is 5.02 Å². The maximum Gasteiger partial charge on any atom is 0.213 e. The van der Waals surface area contributed by atoms with Crippen molar-refractivity contribution in [2.24, 2.45) is 0 Å². The van der Waals surface area contributed by atoms with Crippen molar-refractivity contribution in [3.05, 3.63) is 22.8 Å². The van der Waals surface area contributed by atoms with E-state index in [1.807, 2.05) is 12.1 Å². The van der Waals surface area contributed by atoms with Crippen molar-refractivity contribution < 1.29 is 9.47 Å². The molecule has 0 amide bonds. The standard InChI is InChI=1S/C15H23ClN2O2/c1-11(2)17-9-14-13(16)6-7-15(18-14)20-10-12-5-3-4-8-19-12/h6-7,11-12,17H,3-5,8-10H2,1-2H3. The Kier molecular flexibility index (Phi) is 6.07. The van der Waals surface area contributed by atoms with E-state index in [-0.39, 0.29) is 6.10 Å². The van der Waals surface area contributed by atoms with Gasteiger partial charge in [0.2, 0.25) is 5.88 Å². The summed E-state index contributed by atoms with van der Waals surface area (Å²) >= 11 is 6.15. The molecule has 5 heteroatoms.